The van der Waals surface area contributed by atoms with Gasteiger partial charge in [0.05, 0.1) is 6.10 Å². The average Bonchev–Trinajstić information content (AvgIpc) is 2.76. The van der Waals surface area contributed by atoms with Crippen molar-refractivity contribution < 1.29 is 4.74 Å². The van der Waals surface area contributed by atoms with Gasteiger partial charge in [-0.15, -0.1) is 0 Å². The number of hydrogen-bond acceptors (Lipinski definition) is 3. The van der Waals surface area contributed by atoms with Gasteiger partial charge in [-0.05, 0) is 31.4 Å². The van der Waals surface area contributed by atoms with Crippen LogP contribution in [0.2, 0.25) is 0 Å². The molecule has 0 aromatic heterocycles. The highest BCUT2D eigenvalue weighted by atomic mass is 32.2. The molecule has 1 saturated heterocycles. The Morgan fingerprint density at radius 1 is 1.23 bits per heavy atom. The molecule has 0 aromatic rings. The smallest absolute Gasteiger partial charge is 0.0586 e. The molecule has 1 aliphatic heterocycles. The highest BCUT2D eigenvalue weighted by Crippen LogP contribution is 2.24. The third-order valence-electron chi connectivity index (χ3n) is 3.12. The fraction of sp³-hybridized carbons (Fsp3) is 1.00. The second kappa shape index (κ2) is 4.67. The number of methoxy groups -OCH3 is 1. The Labute approximate surface area is 84.8 Å². The molecular weight excluding hydrogens is 182 g/mol. The van der Waals surface area contributed by atoms with Crippen LogP contribution in [0.15, 0.2) is 0 Å². The zero-order valence-corrected chi connectivity index (χ0v) is 9.11. The SMILES string of the molecule is COC1CCC(NC2CCSC2)C1. The van der Waals surface area contributed by atoms with Crippen molar-refractivity contribution in [3.8, 4) is 0 Å². The van der Waals surface area contributed by atoms with Crippen molar-refractivity contribution in [2.24, 2.45) is 0 Å². The van der Waals surface area contributed by atoms with Gasteiger partial charge < -0.3 is 10.1 Å². The molecular formula is C10H19NOS. The van der Waals surface area contributed by atoms with E-state index in [-0.39, 0.29) is 0 Å². The van der Waals surface area contributed by atoms with E-state index in [2.05, 4.69) is 17.1 Å². The van der Waals surface area contributed by atoms with Gasteiger partial charge in [-0.3, -0.25) is 0 Å². The third-order valence-corrected chi connectivity index (χ3v) is 4.28. The first-order chi connectivity index (χ1) is 6.38. The molecule has 1 saturated carbocycles. The quantitative estimate of drug-likeness (QED) is 0.750. The second-order valence-electron chi connectivity index (χ2n) is 4.09. The van der Waals surface area contributed by atoms with Crippen molar-refractivity contribution >= 4 is 11.8 Å². The predicted molar refractivity (Wildman–Crippen MR) is 57.3 cm³/mol. The van der Waals surface area contributed by atoms with Gasteiger partial charge in [0.15, 0.2) is 0 Å². The second-order valence-corrected chi connectivity index (χ2v) is 5.24. The molecule has 3 heteroatoms. The van der Waals surface area contributed by atoms with Gasteiger partial charge in [0.2, 0.25) is 0 Å². The number of nitrogens with one attached hydrogen (secondary N) is 1. The van der Waals surface area contributed by atoms with Crippen molar-refractivity contribution in [1.82, 2.24) is 5.32 Å². The summed E-state index contributed by atoms with van der Waals surface area (Å²) in [5, 5.41) is 3.74. The van der Waals surface area contributed by atoms with Gasteiger partial charge in [-0.2, -0.15) is 11.8 Å². The molecule has 0 spiro atoms. The fourth-order valence-electron chi connectivity index (χ4n) is 2.30. The summed E-state index contributed by atoms with van der Waals surface area (Å²) >= 11 is 2.08. The molecule has 0 radical (unpaired) electrons. The van der Waals surface area contributed by atoms with E-state index in [1.165, 1.54) is 37.2 Å². The first kappa shape index (κ1) is 9.81. The lowest BCUT2D eigenvalue weighted by Crippen LogP contribution is -2.37. The van der Waals surface area contributed by atoms with Crippen LogP contribution in [-0.2, 0) is 4.74 Å². The van der Waals surface area contributed by atoms with Crippen molar-refractivity contribution in [3.05, 3.63) is 0 Å². The van der Waals surface area contributed by atoms with Crippen molar-refractivity contribution in [3.63, 3.8) is 0 Å². The Morgan fingerprint density at radius 3 is 2.77 bits per heavy atom. The van der Waals surface area contributed by atoms with Crippen LogP contribution >= 0.6 is 11.8 Å². The summed E-state index contributed by atoms with van der Waals surface area (Å²) in [6.45, 7) is 0. The Hall–Kier alpha value is 0.270. The molecule has 2 fully saturated rings. The highest BCUT2D eigenvalue weighted by molar-refractivity contribution is 7.99. The zero-order chi connectivity index (χ0) is 9.10. The Kier molecular flexibility index (Phi) is 3.52. The van der Waals surface area contributed by atoms with Crippen LogP contribution < -0.4 is 5.32 Å². The lowest BCUT2D eigenvalue weighted by molar-refractivity contribution is 0.106. The summed E-state index contributed by atoms with van der Waals surface area (Å²) in [7, 11) is 1.83. The normalized spacial score (nSPS) is 39.9. The monoisotopic (exact) mass is 201 g/mol. The predicted octanol–water partition coefficient (Wildman–Crippen LogP) is 1.65. The van der Waals surface area contributed by atoms with Crippen LogP contribution in [0.5, 0.6) is 0 Å². The lowest BCUT2D eigenvalue weighted by Gasteiger charge is -2.17. The fourth-order valence-corrected chi connectivity index (χ4v) is 3.47. The maximum Gasteiger partial charge on any atom is 0.0586 e. The van der Waals surface area contributed by atoms with E-state index in [4.69, 9.17) is 4.74 Å². The number of ether oxygens (including phenoxy) is 1. The number of hydrogen-bond donors (Lipinski definition) is 1. The minimum atomic E-state index is 0.520. The van der Waals surface area contributed by atoms with Crippen LogP contribution in [0.4, 0.5) is 0 Å². The molecule has 3 unspecified atom stereocenters. The highest BCUT2D eigenvalue weighted by Gasteiger charge is 2.27. The molecule has 0 amide bonds. The van der Waals surface area contributed by atoms with Crippen LogP contribution in [0.1, 0.15) is 25.7 Å². The molecule has 1 heterocycles. The summed E-state index contributed by atoms with van der Waals surface area (Å²) in [6.07, 6.45) is 5.65. The minimum Gasteiger partial charge on any atom is -0.381 e. The average molecular weight is 201 g/mol. The molecule has 76 valence electrons. The van der Waals surface area contributed by atoms with Crippen LogP contribution in [-0.4, -0.2) is 36.8 Å². The summed E-state index contributed by atoms with van der Waals surface area (Å²) in [4.78, 5) is 0. The minimum absolute atomic E-state index is 0.520. The number of thioether (sulfide) groups is 1. The first-order valence-electron chi connectivity index (χ1n) is 5.25. The van der Waals surface area contributed by atoms with Crippen molar-refractivity contribution in [2.45, 2.75) is 43.9 Å². The van der Waals surface area contributed by atoms with Gasteiger partial charge in [0.25, 0.3) is 0 Å². The zero-order valence-electron chi connectivity index (χ0n) is 8.29. The van der Waals surface area contributed by atoms with Gasteiger partial charge in [0.1, 0.15) is 0 Å². The van der Waals surface area contributed by atoms with E-state index in [0.29, 0.717) is 6.10 Å². The standard InChI is InChI=1S/C10H19NOS/c1-12-10-3-2-8(6-10)11-9-4-5-13-7-9/h8-11H,2-7H2,1H3. The van der Waals surface area contributed by atoms with Gasteiger partial charge in [0, 0.05) is 24.9 Å². The summed E-state index contributed by atoms with van der Waals surface area (Å²) in [5.41, 5.74) is 0. The Balaban J connectivity index is 1.70. The van der Waals surface area contributed by atoms with E-state index in [1.807, 2.05) is 7.11 Å². The molecule has 2 rings (SSSR count). The van der Waals surface area contributed by atoms with E-state index < -0.39 is 0 Å². The molecule has 13 heavy (non-hydrogen) atoms. The maximum atomic E-state index is 5.36. The molecule has 0 aromatic carbocycles. The van der Waals surface area contributed by atoms with Gasteiger partial charge in [-0.1, -0.05) is 0 Å². The third kappa shape index (κ3) is 2.61. The molecule has 2 nitrogen and oxygen atoms in total. The molecule has 1 aliphatic carbocycles. The maximum absolute atomic E-state index is 5.36. The number of rotatable bonds is 3. The molecule has 2 aliphatic rings. The van der Waals surface area contributed by atoms with E-state index >= 15 is 0 Å². The van der Waals surface area contributed by atoms with E-state index in [1.54, 1.807) is 0 Å². The summed E-state index contributed by atoms with van der Waals surface area (Å²) < 4.78 is 5.36. The van der Waals surface area contributed by atoms with Crippen molar-refractivity contribution in [1.29, 1.82) is 0 Å². The summed E-state index contributed by atoms with van der Waals surface area (Å²) in [5.74, 6) is 2.66. The van der Waals surface area contributed by atoms with E-state index in [0.717, 1.165) is 12.1 Å². The summed E-state index contributed by atoms with van der Waals surface area (Å²) in [6, 6.07) is 1.51. The lowest BCUT2D eigenvalue weighted by atomic mass is 10.2. The Bertz CT molecular complexity index is 159. The Morgan fingerprint density at radius 2 is 2.15 bits per heavy atom. The van der Waals surface area contributed by atoms with Gasteiger partial charge in [-0.25, -0.2) is 0 Å². The van der Waals surface area contributed by atoms with Gasteiger partial charge >= 0.3 is 0 Å². The van der Waals surface area contributed by atoms with E-state index in [9.17, 15) is 0 Å². The van der Waals surface area contributed by atoms with Crippen LogP contribution in [0, 0.1) is 0 Å². The first-order valence-corrected chi connectivity index (χ1v) is 6.40. The molecule has 0 bridgehead atoms. The van der Waals surface area contributed by atoms with Crippen LogP contribution in [0.3, 0.4) is 0 Å². The molecule has 1 N–H and O–H groups in total. The van der Waals surface area contributed by atoms with Crippen LogP contribution in [0.25, 0.3) is 0 Å². The van der Waals surface area contributed by atoms with Crippen molar-refractivity contribution in [2.75, 3.05) is 18.6 Å². The molecule has 3 atom stereocenters. The topological polar surface area (TPSA) is 21.3 Å². The largest absolute Gasteiger partial charge is 0.381 e.